The van der Waals surface area contributed by atoms with Gasteiger partial charge in [-0.05, 0) is 80.0 Å². The van der Waals surface area contributed by atoms with E-state index >= 15 is 0 Å². The molecule has 0 radical (unpaired) electrons. The van der Waals surface area contributed by atoms with Crippen molar-refractivity contribution in [2.24, 2.45) is 0 Å². The van der Waals surface area contributed by atoms with E-state index in [2.05, 4.69) is 66.0 Å². The van der Waals surface area contributed by atoms with Crippen LogP contribution >= 0.6 is 12.2 Å². The highest BCUT2D eigenvalue weighted by atomic mass is 32.1. The number of pyridine rings is 1. The highest BCUT2D eigenvalue weighted by Crippen LogP contribution is 2.45. The maximum Gasteiger partial charge on any atom is 0.174 e. The van der Waals surface area contributed by atoms with E-state index in [4.69, 9.17) is 12.2 Å². The number of hydrogen-bond donors (Lipinski definition) is 2. The van der Waals surface area contributed by atoms with E-state index in [0.29, 0.717) is 10.8 Å². The van der Waals surface area contributed by atoms with Crippen LogP contribution in [0.4, 0.5) is 5.69 Å². The van der Waals surface area contributed by atoms with Crippen molar-refractivity contribution >= 4 is 23.0 Å². The zero-order chi connectivity index (χ0) is 23.8. The molecule has 4 aromatic rings. The highest BCUT2D eigenvalue weighted by molar-refractivity contribution is 7.80. The van der Waals surface area contributed by atoms with E-state index in [0.717, 1.165) is 29.1 Å². The average Bonchev–Trinajstić information content (AvgIpc) is 3.35. The van der Waals surface area contributed by atoms with Gasteiger partial charge in [-0.2, -0.15) is 0 Å². The van der Waals surface area contributed by atoms with Crippen molar-refractivity contribution in [1.82, 2.24) is 14.9 Å². The van der Waals surface area contributed by atoms with Crippen LogP contribution < -0.4 is 10.2 Å². The smallest absolute Gasteiger partial charge is 0.174 e. The second-order valence-electron chi connectivity index (χ2n) is 8.63. The zero-order valence-corrected chi connectivity index (χ0v) is 20.4. The van der Waals surface area contributed by atoms with Gasteiger partial charge < -0.3 is 19.9 Å². The summed E-state index contributed by atoms with van der Waals surface area (Å²) in [5.41, 5.74) is 7.54. The molecule has 1 saturated heterocycles. The molecule has 6 heteroatoms. The van der Waals surface area contributed by atoms with Gasteiger partial charge in [0.25, 0.3) is 0 Å². The molecule has 0 unspecified atom stereocenters. The maximum atomic E-state index is 10.7. The first-order valence-electron chi connectivity index (χ1n) is 11.6. The second-order valence-corrected chi connectivity index (χ2v) is 9.02. The molecule has 0 aliphatic carbocycles. The van der Waals surface area contributed by atoms with Gasteiger partial charge in [0.05, 0.1) is 23.5 Å². The summed E-state index contributed by atoms with van der Waals surface area (Å²) >= 11 is 5.82. The number of thiocarbonyl (C=S) groups is 1. The fourth-order valence-electron chi connectivity index (χ4n) is 5.08. The van der Waals surface area contributed by atoms with Crippen LogP contribution in [0.5, 0.6) is 5.75 Å². The van der Waals surface area contributed by atoms with Crippen LogP contribution in [0.15, 0.2) is 79.0 Å². The summed E-state index contributed by atoms with van der Waals surface area (Å²) in [4.78, 5) is 6.68. The molecule has 34 heavy (non-hydrogen) atoms. The number of anilines is 1. The van der Waals surface area contributed by atoms with Crippen LogP contribution in [0.1, 0.15) is 47.2 Å². The predicted octanol–water partition coefficient (Wildman–Crippen LogP) is 5.93. The number of aryl methyl sites for hydroxylation is 2. The highest BCUT2D eigenvalue weighted by Gasteiger charge is 2.43. The Kier molecular flexibility index (Phi) is 5.84. The number of phenols is 1. The van der Waals surface area contributed by atoms with E-state index in [1.54, 1.807) is 12.3 Å². The lowest BCUT2D eigenvalue weighted by Crippen LogP contribution is -2.29. The SMILES string of the molecule is CCc1ccccc1-n1c(C)cc([C@@H]2[C@H](c3ccccn3)NC(=S)N2c2ccccc2O)c1C. The van der Waals surface area contributed by atoms with Crippen LogP contribution in [0.3, 0.4) is 0 Å². The van der Waals surface area contributed by atoms with Crippen molar-refractivity contribution in [1.29, 1.82) is 0 Å². The number of nitrogens with zero attached hydrogens (tertiary/aromatic N) is 3. The lowest BCUT2D eigenvalue weighted by Gasteiger charge is -2.28. The van der Waals surface area contributed by atoms with Crippen molar-refractivity contribution in [3.8, 4) is 11.4 Å². The molecule has 3 heterocycles. The molecule has 172 valence electrons. The lowest BCUT2D eigenvalue weighted by molar-refractivity contribution is 0.472. The van der Waals surface area contributed by atoms with Gasteiger partial charge >= 0.3 is 0 Å². The molecule has 2 atom stereocenters. The van der Waals surface area contributed by atoms with Crippen molar-refractivity contribution in [2.75, 3.05) is 4.90 Å². The monoisotopic (exact) mass is 468 g/mol. The first-order chi connectivity index (χ1) is 16.5. The number of rotatable bonds is 5. The largest absolute Gasteiger partial charge is 0.506 e. The van der Waals surface area contributed by atoms with Crippen LogP contribution in [0.2, 0.25) is 0 Å². The number of hydrogen-bond acceptors (Lipinski definition) is 3. The van der Waals surface area contributed by atoms with Gasteiger partial charge in [-0.1, -0.05) is 43.3 Å². The van der Waals surface area contributed by atoms with Crippen molar-refractivity contribution < 1.29 is 5.11 Å². The Morgan fingerprint density at radius 1 is 0.971 bits per heavy atom. The topological polar surface area (TPSA) is 53.3 Å². The quantitative estimate of drug-likeness (QED) is 0.355. The summed E-state index contributed by atoms with van der Waals surface area (Å²) in [6.07, 6.45) is 2.76. The first kappa shape index (κ1) is 22.2. The van der Waals surface area contributed by atoms with E-state index < -0.39 is 0 Å². The molecule has 5 rings (SSSR count). The van der Waals surface area contributed by atoms with E-state index in [-0.39, 0.29) is 17.8 Å². The van der Waals surface area contributed by atoms with Gasteiger partial charge in [0.2, 0.25) is 0 Å². The molecule has 1 fully saturated rings. The Balaban J connectivity index is 1.71. The van der Waals surface area contributed by atoms with Crippen LogP contribution in [-0.2, 0) is 6.42 Å². The van der Waals surface area contributed by atoms with Crippen LogP contribution in [-0.4, -0.2) is 19.8 Å². The fourth-order valence-corrected chi connectivity index (χ4v) is 5.42. The molecule has 2 aromatic carbocycles. The molecule has 0 amide bonds. The Hall–Kier alpha value is -3.64. The van der Waals surface area contributed by atoms with E-state index in [9.17, 15) is 5.11 Å². The van der Waals surface area contributed by atoms with Crippen molar-refractivity contribution in [3.05, 3.63) is 107 Å². The number of phenolic OH excluding ortho intramolecular Hbond substituents is 1. The van der Waals surface area contributed by atoms with Crippen molar-refractivity contribution in [3.63, 3.8) is 0 Å². The summed E-state index contributed by atoms with van der Waals surface area (Å²) in [6.45, 7) is 6.49. The van der Waals surface area contributed by atoms with E-state index in [1.165, 1.54) is 11.3 Å². The average molecular weight is 469 g/mol. The molecular formula is C28H28N4OS. The minimum Gasteiger partial charge on any atom is -0.506 e. The summed E-state index contributed by atoms with van der Waals surface area (Å²) in [7, 11) is 0. The van der Waals surface area contributed by atoms with Crippen LogP contribution in [0, 0.1) is 13.8 Å². The number of nitrogens with one attached hydrogen (secondary N) is 1. The molecule has 2 N–H and O–H groups in total. The Bertz CT molecular complexity index is 1350. The standard InChI is InChI=1S/C28H28N4OS/c1-4-20-11-5-6-13-23(20)31-18(2)17-21(19(31)3)27-26(22-12-9-10-16-29-22)30-28(34)32(27)24-14-7-8-15-25(24)33/h5-17,26-27,33H,4H2,1-3H3,(H,30,34)/t26-,27+/m0/s1. The zero-order valence-electron chi connectivity index (χ0n) is 19.6. The number of aromatic hydroxyl groups is 1. The number of aromatic nitrogens is 2. The second kappa shape index (κ2) is 8.95. The minimum absolute atomic E-state index is 0.163. The van der Waals surface area contributed by atoms with Crippen LogP contribution in [0.25, 0.3) is 5.69 Å². The molecule has 5 nitrogen and oxygen atoms in total. The van der Waals surface area contributed by atoms with Gasteiger partial charge in [-0.25, -0.2) is 0 Å². The molecule has 1 aliphatic heterocycles. The van der Waals surface area contributed by atoms with Crippen molar-refractivity contribution in [2.45, 2.75) is 39.3 Å². The molecule has 0 bridgehead atoms. The van der Waals surface area contributed by atoms with E-state index in [1.807, 2.05) is 41.3 Å². The molecule has 2 aromatic heterocycles. The summed E-state index contributed by atoms with van der Waals surface area (Å²) in [5, 5.41) is 14.8. The molecule has 1 aliphatic rings. The Labute approximate surface area is 205 Å². The molecular weight excluding hydrogens is 440 g/mol. The maximum absolute atomic E-state index is 10.7. The summed E-state index contributed by atoms with van der Waals surface area (Å²) < 4.78 is 2.33. The molecule has 0 spiro atoms. The minimum atomic E-state index is -0.176. The lowest BCUT2D eigenvalue weighted by atomic mass is 9.96. The Morgan fingerprint density at radius 2 is 1.68 bits per heavy atom. The van der Waals surface area contributed by atoms with Gasteiger partial charge in [0.15, 0.2) is 5.11 Å². The third kappa shape index (κ3) is 3.64. The van der Waals surface area contributed by atoms with Gasteiger partial charge in [0.1, 0.15) is 5.75 Å². The normalized spacial score (nSPS) is 17.7. The number of para-hydroxylation sites is 3. The molecule has 0 saturated carbocycles. The summed E-state index contributed by atoms with van der Waals surface area (Å²) in [6, 6.07) is 23.7. The van der Waals surface area contributed by atoms with Gasteiger partial charge in [-0.3, -0.25) is 4.98 Å². The first-order valence-corrected chi connectivity index (χ1v) is 12.0. The third-order valence-corrected chi connectivity index (χ3v) is 6.96. The Morgan fingerprint density at radius 3 is 2.38 bits per heavy atom. The summed E-state index contributed by atoms with van der Waals surface area (Å²) in [5.74, 6) is 0.198. The number of benzene rings is 2. The fraction of sp³-hybridized carbons (Fsp3) is 0.214. The van der Waals surface area contributed by atoms with Gasteiger partial charge in [-0.15, -0.1) is 0 Å². The van der Waals surface area contributed by atoms with Gasteiger partial charge in [0, 0.05) is 23.3 Å². The third-order valence-electron chi connectivity index (χ3n) is 6.64. The predicted molar refractivity (Wildman–Crippen MR) is 141 cm³/mol.